The van der Waals surface area contributed by atoms with Crippen LogP contribution in [0.2, 0.25) is 5.02 Å². The monoisotopic (exact) mass is 368 g/mol. The molecule has 0 spiro atoms. The molecule has 90 valence electrons. The van der Waals surface area contributed by atoms with E-state index in [1.54, 1.807) is 0 Å². The molecular formula is C12H15Br2ClO. The molecule has 0 amide bonds. The molecule has 1 aromatic rings. The number of rotatable bonds is 6. The van der Waals surface area contributed by atoms with Gasteiger partial charge in [0.15, 0.2) is 0 Å². The predicted molar refractivity (Wildman–Crippen MR) is 76.8 cm³/mol. The molecule has 0 aliphatic carbocycles. The van der Waals surface area contributed by atoms with Crippen molar-refractivity contribution >= 4 is 43.5 Å². The van der Waals surface area contributed by atoms with Crippen molar-refractivity contribution in [2.45, 2.75) is 19.8 Å². The van der Waals surface area contributed by atoms with Crippen LogP contribution >= 0.6 is 43.5 Å². The topological polar surface area (TPSA) is 9.23 Å². The number of benzene rings is 1. The molecule has 0 radical (unpaired) electrons. The Kier molecular flexibility index (Phi) is 6.78. The Morgan fingerprint density at radius 1 is 1.38 bits per heavy atom. The molecule has 0 aliphatic heterocycles. The van der Waals surface area contributed by atoms with E-state index < -0.39 is 0 Å². The van der Waals surface area contributed by atoms with Crippen molar-refractivity contribution in [2.24, 2.45) is 5.92 Å². The fourth-order valence-electron chi connectivity index (χ4n) is 1.29. The highest BCUT2D eigenvalue weighted by Crippen LogP contribution is 2.28. The van der Waals surface area contributed by atoms with Gasteiger partial charge in [-0.3, -0.25) is 0 Å². The molecule has 4 heteroatoms. The Labute approximate surface area is 119 Å². The van der Waals surface area contributed by atoms with E-state index in [4.69, 9.17) is 16.3 Å². The van der Waals surface area contributed by atoms with E-state index in [-0.39, 0.29) is 0 Å². The van der Waals surface area contributed by atoms with Crippen LogP contribution < -0.4 is 4.74 Å². The Balaban J connectivity index is 2.39. The Hall–Kier alpha value is 0.270. The average Bonchev–Trinajstić information content (AvgIpc) is 2.23. The zero-order chi connectivity index (χ0) is 12.0. The molecule has 0 aliphatic rings. The lowest BCUT2D eigenvalue weighted by Gasteiger charge is -2.12. The van der Waals surface area contributed by atoms with Gasteiger partial charge in [0.2, 0.25) is 0 Å². The number of halogens is 3. The first-order valence-corrected chi connectivity index (χ1v) is 7.56. The third-order valence-corrected chi connectivity index (χ3v) is 3.63. The van der Waals surface area contributed by atoms with Crippen molar-refractivity contribution in [1.29, 1.82) is 0 Å². The fourth-order valence-corrected chi connectivity index (χ4v) is 2.58. The van der Waals surface area contributed by atoms with Gasteiger partial charge in [-0.05, 0) is 37.0 Å². The summed E-state index contributed by atoms with van der Waals surface area (Å²) < 4.78 is 6.64. The zero-order valence-electron chi connectivity index (χ0n) is 9.18. The highest BCUT2D eigenvalue weighted by atomic mass is 79.9. The minimum atomic E-state index is 0.663. The van der Waals surface area contributed by atoms with Crippen LogP contribution in [-0.2, 0) is 0 Å². The van der Waals surface area contributed by atoms with Crippen LogP contribution in [0.5, 0.6) is 5.75 Å². The first-order chi connectivity index (χ1) is 7.63. The maximum atomic E-state index is 6.02. The number of ether oxygens (including phenoxy) is 1. The van der Waals surface area contributed by atoms with Crippen molar-refractivity contribution in [2.75, 3.05) is 11.9 Å². The first kappa shape index (κ1) is 14.3. The summed E-state index contributed by atoms with van der Waals surface area (Å²) in [6, 6.07) is 5.64. The molecule has 16 heavy (non-hydrogen) atoms. The van der Waals surface area contributed by atoms with Crippen LogP contribution in [0.25, 0.3) is 0 Å². The van der Waals surface area contributed by atoms with Gasteiger partial charge in [0.05, 0.1) is 11.6 Å². The van der Waals surface area contributed by atoms with E-state index >= 15 is 0 Å². The van der Waals surface area contributed by atoms with Crippen molar-refractivity contribution < 1.29 is 4.74 Å². The van der Waals surface area contributed by atoms with Crippen molar-refractivity contribution in [1.82, 2.24) is 0 Å². The zero-order valence-corrected chi connectivity index (χ0v) is 13.1. The summed E-state index contributed by atoms with van der Waals surface area (Å²) >= 11 is 12.9. The minimum Gasteiger partial charge on any atom is -0.492 e. The Bertz CT molecular complexity index is 331. The molecule has 0 saturated heterocycles. The summed E-state index contributed by atoms with van der Waals surface area (Å²) in [5.41, 5.74) is 0. The maximum Gasteiger partial charge on any atom is 0.139 e. The average molecular weight is 371 g/mol. The summed E-state index contributed by atoms with van der Waals surface area (Å²) in [6.07, 6.45) is 2.23. The normalized spacial score (nSPS) is 12.5. The van der Waals surface area contributed by atoms with Crippen LogP contribution in [0.4, 0.5) is 0 Å². The van der Waals surface area contributed by atoms with Gasteiger partial charge in [0.25, 0.3) is 0 Å². The van der Waals surface area contributed by atoms with Gasteiger partial charge in [-0.2, -0.15) is 0 Å². The van der Waals surface area contributed by atoms with E-state index in [0.717, 1.165) is 22.0 Å². The lowest BCUT2D eigenvalue weighted by Crippen LogP contribution is -2.04. The van der Waals surface area contributed by atoms with Gasteiger partial charge in [-0.25, -0.2) is 0 Å². The highest BCUT2D eigenvalue weighted by molar-refractivity contribution is 9.10. The third-order valence-electron chi connectivity index (χ3n) is 2.36. The third kappa shape index (κ3) is 5.07. The Morgan fingerprint density at radius 2 is 2.12 bits per heavy atom. The van der Waals surface area contributed by atoms with Gasteiger partial charge < -0.3 is 4.74 Å². The summed E-state index contributed by atoms with van der Waals surface area (Å²) in [5, 5.41) is 1.71. The van der Waals surface area contributed by atoms with E-state index in [0.29, 0.717) is 17.5 Å². The van der Waals surface area contributed by atoms with Crippen molar-refractivity contribution in [3.63, 3.8) is 0 Å². The van der Waals surface area contributed by atoms with Crippen LogP contribution in [0.1, 0.15) is 19.8 Å². The largest absolute Gasteiger partial charge is 0.492 e. The molecule has 0 N–H and O–H groups in total. The molecule has 1 atom stereocenters. The van der Waals surface area contributed by atoms with Gasteiger partial charge in [0.1, 0.15) is 5.75 Å². The van der Waals surface area contributed by atoms with Crippen LogP contribution in [-0.4, -0.2) is 11.9 Å². The van der Waals surface area contributed by atoms with Crippen molar-refractivity contribution in [3.05, 3.63) is 27.7 Å². The molecule has 0 aromatic heterocycles. The molecule has 1 unspecified atom stereocenters. The highest BCUT2D eigenvalue weighted by Gasteiger charge is 2.04. The first-order valence-electron chi connectivity index (χ1n) is 5.27. The minimum absolute atomic E-state index is 0.663. The van der Waals surface area contributed by atoms with E-state index in [9.17, 15) is 0 Å². The molecule has 0 heterocycles. The van der Waals surface area contributed by atoms with E-state index in [2.05, 4.69) is 38.8 Å². The lowest BCUT2D eigenvalue weighted by molar-refractivity contribution is 0.282. The quantitative estimate of drug-likeness (QED) is 0.618. The van der Waals surface area contributed by atoms with E-state index in [1.807, 2.05) is 18.2 Å². The number of alkyl halides is 1. The summed E-state index contributed by atoms with van der Waals surface area (Å²) in [5.74, 6) is 1.42. The molecule has 1 nitrogen and oxygen atoms in total. The molecule has 1 aromatic carbocycles. The van der Waals surface area contributed by atoms with Crippen LogP contribution in [0.3, 0.4) is 0 Å². The smallest absolute Gasteiger partial charge is 0.139 e. The van der Waals surface area contributed by atoms with Crippen molar-refractivity contribution in [3.8, 4) is 5.75 Å². The molecule has 1 rings (SSSR count). The van der Waals surface area contributed by atoms with Gasteiger partial charge in [-0.1, -0.05) is 50.4 Å². The second-order valence-corrected chi connectivity index (χ2v) is 5.91. The summed E-state index contributed by atoms with van der Waals surface area (Å²) in [7, 11) is 0. The maximum absolute atomic E-state index is 6.02. The van der Waals surface area contributed by atoms with E-state index in [1.165, 1.54) is 6.42 Å². The molecule has 0 fully saturated rings. The standard InChI is InChI=1S/C12H15Br2ClO/c1-9(4-6-13)5-7-16-12-8-10(14)2-3-11(12)15/h2-3,8-9H,4-7H2,1H3. The van der Waals surface area contributed by atoms with Gasteiger partial charge in [-0.15, -0.1) is 0 Å². The molecule has 0 bridgehead atoms. The second kappa shape index (κ2) is 7.57. The molecule has 0 saturated carbocycles. The number of hydrogen-bond acceptors (Lipinski definition) is 1. The van der Waals surface area contributed by atoms with Crippen LogP contribution in [0, 0.1) is 5.92 Å². The van der Waals surface area contributed by atoms with Crippen LogP contribution in [0.15, 0.2) is 22.7 Å². The second-order valence-electron chi connectivity index (χ2n) is 3.79. The van der Waals surface area contributed by atoms with Gasteiger partial charge in [0, 0.05) is 9.80 Å². The fraction of sp³-hybridized carbons (Fsp3) is 0.500. The molecular weight excluding hydrogens is 355 g/mol. The summed E-state index contributed by atoms with van der Waals surface area (Å²) in [4.78, 5) is 0. The lowest BCUT2D eigenvalue weighted by atomic mass is 10.1. The SMILES string of the molecule is CC(CCBr)CCOc1cc(Br)ccc1Cl. The predicted octanol–water partition coefficient (Wildman–Crippen LogP) is 5.29. The van der Waals surface area contributed by atoms with Gasteiger partial charge >= 0.3 is 0 Å². The summed E-state index contributed by atoms with van der Waals surface area (Å²) in [6.45, 7) is 2.94. The Morgan fingerprint density at radius 3 is 2.81 bits per heavy atom. The number of hydrogen-bond donors (Lipinski definition) is 0.